The number of ether oxygens (including phenoxy) is 1. The second kappa shape index (κ2) is 25.5. The molecule has 10 unspecified atom stereocenters. The molecule has 0 radical (unpaired) electrons. The summed E-state index contributed by atoms with van der Waals surface area (Å²) >= 11 is 0. The highest BCUT2D eigenvalue weighted by Gasteiger charge is 2.43. The molecule has 11 heteroatoms. The molecule has 0 amide bonds. The molecule has 72 heavy (non-hydrogen) atoms. The number of para-hydroxylation sites is 1. The zero-order valence-corrected chi connectivity index (χ0v) is 43.7. The van der Waals surface area contributed by atoms with Crippen molar-refractivity contribution in [3.8, 4) is 5.75 Å². The fourth-order valence-electron chi connectivity index (χ4n) is 11.2. The highest BCUT2D eigenvalue weighted by atomic mass is 16.5. The maximum Gasteiger partial charge on any atom is 0.119 e. The Morgan fingerprint density at radius 1 is 0.583 bits per heavy atom. The van der Waals surface area contributed by atoms with Gasteiger partial charge in [-0.25, -0.2) is 0 Å². The van der Waals surface area contributed by atoms with Crippen LogP contribution in [-0.4, -0.2) is 136 Å². The number of likely N-dealkylation sites (N-methyl/N-ethyl adjacent to an activating group) is 2. The van der Waals surface area contributed by atoms with E-state index in [1.165, 1.54) is 12.8 Å². The quantitative estimate of drug-likeness (QED) is 0.0827. The summed E-state index contributed by atoms with van der Waals surface area (Å²) < 4.78 is 5.35. The summed E-state index contributed by atoms with van der Waals surface area (Å²) in [6.45, 7) is 16.2. The van der Waals surface area contributed by atoms with E-state index in [1.807, 2.05) is 167 Å². The van der Waals surface area contributed by atoms with Crippen LogP contribution in [0.15, 0.2) is 153 Å². The largest absolute Gasteiger partial charge is 0.497 e. The molecular formula is C61H80N6O5. The molecule has 6 fully saturated rings. The Balaban J connectivity index is 0.000000147. The second-order valence-corrected chi connectivity index (χ2v) is 20.7. The minimum absolute atomic E-state index is 0.141. The number of aliphatic hydroxyl groups excluding tert-OH is 4. The summed E-state index contributed by atoms with van der Waals surface area (Å²) in [4.78, 5) is 17.7. The first-order valence-electron chi connectivity index (χ1n) is 25.9. The third-order valence-corrected chi connectivity index (χ3v) is 16.2. The summed E-state index contributed by atoms with van der Waals surface area (Å²) in [5, 5.41) is 44.1. The minimum atomic E-state index is -0.504. The third kappa shape index (κ3) is 12.9. The number of methoxy groups -OCH3 is 1. The summed E-state index contributed by atoms with van der Waals surface area (Å²) in [6.07, 6.45) is 10.6. The number of hydrogen-bond donors (Lipinski definition) is 4. The SMILES string of the molecule is C=CC1CN2CCC1CC2[C@H](O)c1ccnc2ccc(OC)cc12.C=CC1CN2CCC1CC2[C@H](O)c1ccnc2ccccc12.C[C@H](C(O)c1ccccc1)N(C)C.C[C@H](C(O)c1ccccc1)N(C)C. The van der Waals surface area contributed by atoms with Crippen LogP contribution in [0.4, 0.5) is 0 Å². The van der Waals surface area contributed by atoms with Gasteiger partial charge in [0.15, 0.2) is 0 Å². The molecule has 6 saturated heterocycles. The summed E-state index contributed by atoms with van der Waals surface area (Å²) in [5.41, 5.74) is 5.77. The van der Waals surface area contributed by atoms with Crippen molar-refractivity contribution in [1.29, 1.82) is 0 Å². The Labute approximate surface area is 429 Å². The van der Waals surface area contributed by atoms with Gasteiger partial charge in [-0.3, -0.25) is 19.8 Å². The normalized spacial score (nSPS) is 25.6. The fraction of sp³-hybridized carbons (Fsp3) is 0.443. The van der Waals surface area contributed by atoms with Crippen molar-refractivity contribution in [1.82, 2.24) is 29.6 Å². The average Bonchev–Trinajstić information content (AvgIpc) is 3.44. The van der Waals surface area contributed by atoms with Crippen LogP contribution in [0.3, 0.4) is 0 Å². The van der Waals surface area contributed by atoms with Gasteiger partial charge < -0.3 is 35.0 Å². The number of pyridine rings is 2. The number of rotatable bonds is 13. The zero-order chi connectivity index (χ0) is 51.5. The molecule has 4 aromatic carbocycles. The van der Waals surface area contributed by atoms with Gasteiger partial charge in [-0.15, -0.1) is 13.2 Å². The lowest BCUT2D eigenvalue weighted by atomic mass is 9.73. The van der Waals surface area contributed by atoms with E-state index >= 15 is 0 Å². The highest BCUT2D eigenvalue weighted by Crippen LogP contribution is 2.43. The van der Waals surface area contributed by atoms with Crippen LogP contribution in [0.1, 0.15) is 86.2 Å². The molecule has 0 aliphatic carbocycles. The second-order valence-electron chi connectivity index (χ2n) is 20.7. The van der Waals surface area contributed by atoms with E-state index < -0.39 is 24.4 Å². The van der Waals surface area contributed by atoms with E-state index in [4.69, 9.17) is 4.74 Å². The lowest BCUT2D eigenvalue weighted by Crippen LogP contribution is -2.54. The minimum Gasteiger partial charge on any atom is -0.497 e. The number of aromatic nitrogens is 2. The Morgan fingerprint density at radius 2 is 1.01 bits per heavy atom. The molecule has 11 nitrogen and oxygen atoms in total. The zero-order valence-electron chi connectivity index (χ0n) is 43.7. The van der Waals surface area contributed by atoms with Gasteiger partial charge in [0.05, 0.1) is 42.6 Å². The molecule has 384 valence electrons. The van der Waals surface area contributed by atoms with E-state index in [-0.39, 0.29) is 24.2 Å². The number of aliphatic hydroxyl groups is 4. The fourth-order valence-corrected chi connectivity index (χ4v) is 11.2. The Morgan fingerprint density at radius 3 is 1.43 bits per heavy atom. The predicted octanol–water partition coefficient (Wildman–Crippen LogP) is 9.68. The van der Waals surface area contributed by atoms with Crippen LogP contribution >= 0.6 is 0 Å². The van der Waals surface area contributed by atoms with E-state index in [1.54, 1.807) is 13.3 Å². The van der Waals surface area contributed by atoms with Crippen molar-refractivity contribution in [2.75, 3.05) is 61.5 Å². The highest BCUT2D eigenvalue weighted by molar-refractivity contribution is 5.84. The van der Waals surface area contributed by atoms with Gasteiger partial charge >= 0.3 is 0 Å². The molecule has 0 saturated carbocycles. The molecule has 14 atom stereocenters. The average molecular weight is 977 g/mol. The van der Waals surface area contributed by atoms with E-state index in [9.17, 15) is 20.4 Å². The summed E-state index contributed by atoms with van der Waals surface area (Å²) in [5.74, 6) is 3.27. The molecule has 8 heterocycles. The molecule has 6 aliphatic rings. The molecule has 4 N–H and O–H groups in total. The molecule has 6 aliphatic heterocycles. The lowest BCUT2D eigenvalue weighted by molar-refractivity contribution is -0.0445. The lowest BCUT2D eigenvalue weighted by Gasteiger charge is -2.50. The Kier molecular flexibility index (Phi) is 19.3. The van der Waals surface area contributed by atoms with Crippen molar-refractivity contribution >= 4 is 21.8 Å². The number of benzene rings is 4. The van der Waals surface area contributed by atoms with Crippen LogP contribution in [-0.2, 0) is 0 Å². The molecule has 12 rings (SSSR count). The number of hydrogen-bond acceptors (Lipinski definition) is 11. The van der Waals surface area contributed by atoms with Gasteiger partial charge in [0.25, 0.3) is 0 Å². The van der Waals surface area contributed by atoms with E-state index in [0.717, 1.165) is 88.8 Å². The van der Waals surface area contributed by atoms with Crippen molar-refractivity contribution < 1.29 is 25.2 Å². The molecule has 0 spiro atoms. The van der Waals surface area contributed by atoms with Crippen molar-refractivity contribution in [2.45, 2.75) is 88.1 Å². The maximum absolute atomic E-state index is 11.2. The van der Waals surface area contributed by atoms with E-state index in [2.05, 4.69) is 51.1 Å². The maximum atomic E-state index is 11.2. The van der Waals surface area contributed by atoms with Gasteiger partial charge in [-0.1, -0.05) is 91.0 Å². The van der Waals surface area contributed by atoms with Crippen LogP contribution in [0.25, 0.3) is 21.8 Å². The first-order chi connectivity index (χ1) is 34.7. The Bertz CT molecular complexity index is 2570. The monoisotopic (exact) mass is 977 g/mol. The third-order valence-electron chi connectivity index (χ3n) is 16.2. The number of nitrogens with zero attached hydrogens (tertiary/aromatic N) is 6. The summed E-state index contributed by atoms with van der Waals surface area (Å²) in [6, 6.07) is 38.0. The molecule has 4 bridgehead atoms. The van der Waals surface area contributed by atoms with Crippen molar-refractivity contribution in [2.24, 2.45) is 23.7 Å². The van der Waals surface area contributed by atoms with Gasteiger partial charge in [0.1, 0.15) is 5.75 Å². The van der Waals surface area contributed by atoms with Crippen LogP contribution < -0.4 is 4.74 Å². The molecular weight excluding hydrogens is 897 g/mol. The topological polar surface area (TPSA) is 129 Å². The van der Waals surface area contributed by atoms with Crippen LogP contribution in [0.2, 0.25) is 0 Å². The predicted molar refractivity (Wildman–Crippen MR) is 293 cm³/mol. The van der Waals surface area contributed by atoms with Crippen LogP contribution in [0, 0.1) is 23.7 Å². The van der Waals surface area contributed by atoms with Gasteiger partial charge in [0, 0.05) is 60.4 Å². The van der Waals surface area contributed by atoms with Crippen molar-refractivity contribution in [3.63, 3.8) is 0 Å². The first kappa shape index (κ1) is 54.4. The molecule has 6 aromatic rings. The number of fused-ring (bicyclic) bond motifs is 8. The van der Waals surface area contributed by atoms with Gasteiger partial charge in [0.2, 0.25) is 0 Å². The summed E-state index contributed by atoms with van der Waals surface area (Å²) in [7, 11) is 9.54. The first-order valence-corrected chi connectivity index (χ1v) is 25.9. The van der Waals surface area contributed by atoms with E-state index in [0.29, 0.717) is 23.7 Å². The van der Waals surface area contributed by atoms with Crippen molar-refractivity contribution in [3.05, 3.63) is 175 Å². The smallest absolute Gasteiger partial charge is 0.119 e. The van der Waals surface area contributed by atoms with Crippen LogP contribution in [0.5, 0.6) is 5.75 Å². The number of piperidine rings is 6. The van der Waals surface area contributed by atoms with Gasteiger partial charge in [-0.2, -0.15) is 0 Å². The standard InChI is InChI=1S/C20H24N2O2.C19H22N2O.2C11H17NO/c1-3-13-12-22-9-7-14(13)10-19(22)20(23)16-6-8-21-18-5-4-15(24-2)11-17(16)18;1-2-13-12-21-10-8-14(13)11-18(21)19(22)16-7-9-20-17-6-4-3-5-15(16)17;2*1-9(12(2)3)11(13)10-7-5-4-6-8-10/h3-6,8,11,13-14,19-20,23H,1,7,9-10,12H2,2H3;2-7,9,13-14,18-19,22H,1,8,10-12H2;2*4-9,11,13H,1-3H3/t13?,14?,19?,20-;13?,14?,18?,19-;2*9-,11?/m1111/s1. The van der Waals surface area contributed by atoms with Gasteiger partial charge in [-0.05, 0) is 163 Å². The Hall–Kier alpha value is -5.34. The molecule has 2 aromatic heterocycles.